The molecule has 1 amide bonds. The van der Waals surface area contributed by atoms with Crippen LogP contribution in [-0.2, 0) is 0 Å². The first kappa shape index (κ1) is 11.1. The molecule has 0 spiro atoms. The third-order valence-electron chi connectivity index (χ3n) is 4.43. The number of carbonyl (C=O) groups is 1. The van der Waals surface area contributed by atoms with Gasteiger partial charge in [-0.3, -0.25) is 4.79 Å². The van der Waals surface area contributed by atoms with Gasteiger partial charge in [-0.25, -0.2) is 0 Å². The standard InChI is InChI=1S/C11H18N4O/c1-10(2)8(11(10,3)4)6-12-9(16)7-5-13-15-14-7/h5,8H,6H2,1-4H3,(H,12,16)(H,13,14,15). The van der Waals surface area contributed by atoms with E-state index in [1.54, 1.807) is 0 Å². The molecule has 1 aromatic heterocycles. The molecular weight excluding hydrogens is 204 g/mol. The van der Waals surface area contributed by atoms with E-state index in [-0.39, 0.29) is 5.91 Å². The van der Waals surface area contributed by atoms with Gasteiger partial charge in [0.05, 0.1) is 6.20 Å². The van der Waals surface area contributed by atoms with Gasteiger partial charge in [0.15, 0.2) is 5.69 Å². The van der Waals surface area contributed by atoms with Gasteiger partial charge in [-0.2, -0.15) is 15.4 Å². The summed E-state index contributed by atoms with van der Waals surface area (Å²) in [7, 11) is 0. The quantitative estimate of drug-likeness (QED) is 0.807. The van der Waals surface area contributed by atoms with Crippen LogP contribution in [0.25, 0.3) is 0 Å². The van der Waals surface area contributed by atoms with Crippen LogP contribution in [0.5, 0.6) is 0 Å². The zero-order chi connectivity index (χ0) is 12.0. The number of aromatic nitrogens is 3. The molecule has 0 aliphatic heterocycles. The maximum Gasteiger partial charge on any atom is 0.273 e. The lowest BCUT2D eigenvalue weighted by Gasteiger charge is -2.04. The summed E-state index contributed by atoms with van der Waals surface area (Å²) in [6.45, 7) is 9.64. The van der Waals surface area contributed by atoms with Crippen molar-refractivity contribution >= 4 is 5.91 Å². The fourth-order valence-corrected chi connectivity index (χ4v) is 2.44. The Labute approximate surface area is 95.0 Å². The summed E-state index contributed by atoms with van der Waals surface area (Å²) in [5.41, 5.74) is 0.935. The summed E-state index contributed by atoms with van der Waals surface area (Å²) >= 11 is 0. The van der Waals surface area contributed by atoms with Crippen molar-refractivity contribution in [2.45, 2.75) is 27.7 Å². The van der Waals surface area contributed by atoms with Gasteiger partial charge in [-0.05, 0) is 16.7 Å². The number of carbonyl (C=O) groups excluding carboxylic acids is 1. The van der Waals surface area contributed by atoms with Crippen molar-refractivity contribution in [1.29, 1.82) is 0 Å². The Morgan fingerprint density at radius 1 is 1.44 bits per heavy atom. The Hall–Kier alpha value is -1.39. The van der Waals surface area contributed by atoms with Crippen molar-refractivity contribution in [3.63, 3.8) is 0 Å². The van der Waals surface area contributed by atoms with E-state index in [2.05, 4.69) is 48.4 Å². The van der Waals surface area contributed by atoms with Crippen LogP contribution in [0.15, 0.2) is 6.20 Å². The van der Waals surface area contributed by atoms with E-state index >= 15 is 0 Å². The summed E-state index contributed by atoms with van der Waals surface area (Å²) in [5.74, 6) is 0.364. The lowest BCUT2D eigenvalue weighted by Crippen LogP contribution is -2.27. The van der Waals surface area contributed by atoms with Crippen molar-refractivity contribution in [1.82, 2.24) is 20.7 Å². The van der Waals surface area contributed by atoms with Gasteiger partial charge in [-0.1, -0.05) is 27.7 Å². The molecule has 2 N–H and O–H groups in total. The van der Waals surface area contributed by atoms with E-state index in [1.807, 2.05) is 0 Å². The second kappa shape index (κ2) is 3.30. The number of H-pyrrole nitrogens is 1. The molecule has 0 bridgehead atoms. The molecule has 5 heteroatoms. The number of nitrogens with one attached hydrogen (secondary N) is 2. The smallest absolute Gasteiger partial charge is 0.273 e. The van der Waals surface area contributed by atoms with Gasteiger partial charge in [0.2, 0.25) is 0 Å². The van der Waals surface area contributed by atoms with Gasteiger partial charge in [0, 0.05) is 6.54 Å². The van der Waals surface area contributed by atoms with Gasteiger partial charge in [-0.15, -0.1) is 0 Å². The molecule has 88 valence electrons. The summed E-state index contributed by atoms with van der Waals surface area (Å²) in [6, 6.07) is 0. The molecule has 16 heavy (non-hydrogen) atoms. The Morgan fingerprint density at radius 3 is 2.50 bits per heavy atom. The highest BCUT2D eigenvalue weighted by atomic mass is 16.1. The van der Waals surface area contributed by atoms with Crippen LogP contribution < -0.4 is 5.32 Å². The second-order valence-electron chi connectivity index (χ2n) is 5.56. The van der Waals surface area contributed by atoms with Crippen molar-refractivity contribution < 1.29 is 4.79 Å². The maximum absolute atomic E-state index is 11.6. The van der Waals surface area contributed by atoms with Gasteiger partial charge in [0.1, 0.15) is 0 Å². The SMILES string of the molecule is CC1(C)C(CNC(=O)c2cn[nH]n2)C1(C)C. The third-order valence-corrected chi connectivity index (χ3v) is 4.43. The third kappa shape index (κ3) is 1.50. The van der Waals surface area contributed by atoms with Crippen molar-refractivity contribution in [2.24, 2.45) is 16.7 Å². The predicted molar refractivity (Wildman–Crippen MR) is 59.8 cm³/mol. The Kier molecular flexibility index (Phi) is 2.29. The lowest BCUT2D eigenvalue weighted by atomic mass is 10.0. The minimum Gasteiger partial charge on any atom is -0.350 e. The molecule has 0 unspecified atom stereocenters. The highest BCUT2D eigenvalue weighted by Gasteiger charge is 2.64. The molecule has 1 heterocycles. The van der Waals surface area contributed by atoms with Crippen molar-refractivity contribution in [3.05, 3.63) is 11.9 Å². The van der Waals surface area contributed by atoms with Crippen LogP contribution in [0.1, 0.15) is 38.2 Å². The molecule has 5 nitrogen and oxygen atoms in total. The van der Waals surface area contributed by atoms with Gasteiger partial charge >= 0.3 is 0 Å². The number of hydrogen-bond donors (Lipinski definition) is 2. The molecular formula is C11H18N4O. The molecule has 0 saturated heterocycles. The van der Waals surface area contributed by atoms with E-state index in [4.69, 9.17) is 0 Å². The monoisotopic (exact) mass is 222 g/mol. The molecule has 2 rings (SSSR count). The number of nitrogens with zero attached hydrogens (tertiary/aromatic N) is 2. The topological polar surface area (TPSA) is 70.7 Å². The van der Waals surface area contributed by atoms with Crippen LogP contribution in [0.3, 0.4) is 0 Å². The first-order chi connectivity index (χ1) is 7.37. The first-order valence-electron chi connectivity index (χ1n) is 5.51. The Balaban J connectivity index is 1.89. The molecule has 1 aliphatic carbocycles. The van der Waals surface area contributed by atoms with Crippen LogP contribution in [0.4, 0.5) is 0 Å². The number of amides is 1. The minimum absolute atomic E-state index is 0.160. The predicted octanol–water partition coefficient (Wildman–Crippen LogP) is 1.22. The summed E-state index contributed by atoms with van der Waals surface area (Å²) in [6.07, 6.45) is 1.43. The van der Waals surface area contributed by atoms with E-state index in [1.165, 1.54) is 6.20 Å². The number of hydrogen-bond acceptors (Lipinski definition) is 3. The van der Waals surface area contributed by atoms with Gasteiger partial charge in [0.25, 0.3) is 5.91 Å². The zero-order valence-corrected chi connectivity index (χ0v) is 10.2. The highest BCUT2D eigenvalue weighted by molar-refractivity contribution is 5.91. The normalized spacial score (nSPS) is 21.8. The molecule has 0 radical (unpaired) electrons. The van der Waals surface area contributed by atoms with E-state index in [0.29, 0.717) is 29.0 Å². The zero-order valence-electron chi connectivity index (χ0n) is 10.2. The number of rotatable bonds is 3. The van der Waals surface area contributed by atoms with Crippen LogP contribution in [0, 0.1) is 16.7 Å². The largest absolute Gasteiger partial charge is 0.350 e. The molecule has 1 aromatic rings. The molecule has 0 atom stereocenters. The van der Waals surface area contributed by atoms with Crippen LogP contribution in [-0.4, -0.2) is 27.9 Å². The fraction of sp³-hybridized carbons (Fsp3) is 0.727. The van der Waals surface area contributed by atoms with E-state index < -0.39 is 0 Å². The average molecular weight is 222 g/mol. The Bertz CT molecular complexity index is 380. The first-order valence-corrected chi connectivity index (χ1v) is 5.51. The van der Waals surface area contributed by atoms with E-state index in [0.717, 1.165) is 0 Å². The summed E-state index contributed by atoms with van der Waals surface area (Å²) in [4.78, 5) is 11.6. The maximum atomic E-state index is 11.6. The molecule has 0 aromatic carbocycles. The van der Waals surface area contributed by atoms with Crippen molar-refractivity contribution in [3.8, 4) is 0 Å². The lowest BCUT2D eigenvalue weighted by molar-refractivity contribution is 0.0945. The average Bonchev–Trinajstić information content (AvgIpc) is 2.66. The minimum atomic E-state index is -0.160. The summed E-state index contributed by atoms with van der Waals surface area (Å²) < 4.78 is 0. The van der Waals surface area contributed by atoms with Crippen LogP contribution in [0.2, 0.25) is 0 Å². The summed E-state index contributed by atoms with van der Waals surface area (Å²) in [5, 5.41) is 12.7. The van der Waals surface area contributed by atoms with Gasteiger partial charge < -0.3 is 5.32 Å². The van der Waals surface area contributed by atoms with Crippen LogP contribution >= 0.6 is 0 Å². The number of aromatic amines is 1. The molecule has 1 fully saturated rings. The molecule has 1 aliphatic rings. The highest BCUT2D eigenvalue weighted by Crippen LogP contribution is 2.67. The second-order valence-corrected chi connectivity index (χ2v) is 5.56. The fourth-order valence-electron chi connectivity index (χ4n) is 2.44. The Morgan fingerprint density at radius 2 is 2.06 bits per heavy atom. The van der Waals surface area contributed by atoms with E-state index in [9.17, 15) is 4.79 Å². The van der Waals surface area contributed by atoms with Crippen molar-refractivity contribution in [2.75, 3.05) is 6.54 Å². The molecule has 1 saturated carbocycles.